The van der Waals surface area contributed by atoms with Crippen LogP contribution >= 0.6 is 38.9 Å². The summed E-state index contributed by atoms with van der Waals surface area (Å²) >= 11 is 10.7. The fourth-order valence-electron chi connectivity index (χ4n) is 1.86. The second-order valence-corrected chi connectivity index (χ2v) is 7.95. The Bertz CT molecular complexity index is 904. The van der Waals surface area contributed by atoms with Crippen LogP contribution in [0.5, 0.6) is 0 Å². The zero-order valence-electron chi connectivity index (χ0n) is 10.5. The second kappa shape index (κ2) is 5.69. The van der Waals surface area contributed by atoms with E-state index in [2.05, 4.69) is 25.6 Å². The van der Waals surface area contributed by atoms with Gasteiger partial charge in [0.05, 0.1) is 0 Å². The molecule has 0 radical (unpaired) electrons. The SMILES string of the molecule is O=S(=O)(NCc1ccccc1Br)c1c(Cl)nc2sccn12. The molecule has 0 saturated carbocycles. The number of imidazole rings is 1. The van der Waals surface area contributed by atoms with Crippen LogP contribution in [-0.2, 0) is 16.6 Å². The number of nitrogens with one attached hydrogen (secondary N) is 1. The number of halogens is 2. The highest BCUT2D eigenvalue weighted by Crippen LogP contribution is 2.25. The predicted octanol–water partition coefficient (Wildman–Crippen LogP) is 3.29. The number of hydrogen-bond donors (Lipinski definition) is 1. The van der Waals surface area contributed by atoms with E-state index < -0.39 is 10.0 Å². The van der Waals surface area contributed by atoms with Crippen LogP contribution in [0.4, 0.5) is 0 Å². The molecule has 0 fully saturated rings. The molecule has 5 nitrogen and oxygen atoms in total. The average molecular weight is 407 g/mol. The molecule has 0 amide bonds. The average Bonchev–Trinajstić information content (AvgIpc) is 2.97. The third-order valence-electron chi connectivity index (χ3n) is 2.84. The van der Waals surface area contributed by atoms with Crippen molar-refractivity contribution in [2.45, 2.75) is 11.6 Å². The summed E-state index contributed by atoms with van der Waals surface area (Å²) in [7, 11) is -3.75. The van der Waals surface area contributed by atoms with E-state index in [0.717, 1.165) is 10.0 Å². The van der Waals surface area contributed by atoms with Gasteiger partial charge in [0.1, 0.15) is 0 Å². The lowest BCUT2D eigenvalue weighted by atomic mass is 10.2. The standard InChI is InChI=1S/C12H9BrClN3O2S2/c13-9-4-2-1-3-8(9)7-15-21(18,19)11-10(14)16-12-17(11)5-6-20-12/h1-6,15H,7H2. The molecule has 110 valence electrons. The molecule has 0 aliphatic rings. The minimum atomic E-state index is -3.75. The summed E-state index contributed by atoms with van der Waals surface area (Å²) in [5, 5.41) is 1.69. The number of rotatable bonds is 4. The van der Waals surface area contributed by atoms with E-state index in [4.69, 9.17) is 11.6 Å². The molecule has 3 aromatic rings. The molecule has 1 aromatic carbocycles. The van der Waals surface area contributed by atoms with E-state index >= 15 is 0 Å². The lowest BCUT2D eigenvalue weighted by Crippen LogP contribution is -2.24. The van der Waals surface area contributed by atoms with Crippen LogP contribution in [0.1, 0.15) is 5.56 Å². The van der Waals surface area contributed by atoms with Gasteiger partial charge in [-0.2, -0.15) is 0 Å². The number of fused-ring (bicyclic) bond motifs is 1. The van der Waals surface area contributed by atoms with Gasteiger partial charge in [0.2, 0.25) is 0 Å². The van der Waals surface area contributed by atoms with Crippen molar-refractivity contribution in [3.05, 3.63) is 51.0 Å². The minimum Gasteiger partial charge on any atom is -0.279 e. The van der Waals surface area contributed by atoms with Gasteiger partial charge in [-0.3, -0.25) is 4.40 Å². The molecular formula is C12H9BrClN3O2S2. The maximum Gasteiger partial charge on any atom is 0.260 e. The van der Waals surface area contributed by atoms with Crippen LogP contribution in [0, 0.1) is 0 Å². The van der Waals surface area contributed by atoms with Gasteiger partial charge >= 0.3 is 0 Å². The van der Waals surface area contributed by atoms with Gasteiger partial charge in [0.15, 0.2) is 15.1 Å². The van der Waals surface area contributed by atoms with Gasteiger partial charge in [0.25, 0.3) is 10.0 Å². The Morgan fingerprint density at radius 3 is 2.90 bits per heavy atom. The van der Waals surface area contributed by atoms with Gasteiger partial charge in [-0.1, -0.05) is 45.7 Å². The highest BCUT2D eigenvalue weighted by molar-refractivity contribution is 9.10. The summed E-state index contributed by atoms with van der Waals surface area (Å²) in [6.07, 6.45) is 1.63. The van der Waals surface area contributed by atoms with Crippen molar-refractivity contribution in [1.29, 1.82) is 0 Å². The van der Waals surface area contributed by atoms with Gasteiger partial charge in [-0.15, -0.1) is 11.3 Å². The first-order chi connectivity index (χ1) is 9.99. The fourth-order valence-corrected chi connectivity index (χ4v) is 4.74. The highest BCUT2D eigenvalue weighted by atomic mass is 79.9. The van der Waals surface area contributed by atoms with Crippen molar-refractivity contribution in [3.63, 3.8) is 0 Å². The van der Waals surface area contributed by atoms with Crippen LogP contribution in [-0.4, -0.2) is 17.8 Å². The molecule has 0 bridgehead atoms. The first kappa shape index (κ1) is 15.0. The number of aromatic nitrogens is 2. The van der Waals surface area contributed by atoms with Crippen LogP contribution < -0.4 is 4.72 Å². The van der Waals surface area contributed by atoms with Gasteiger partial charge in [0, 0.05) is 22.6 Å². The molecule has 0 spiro atoms. The van der Waals surface area contributed by atoms with Gasteiger partial charge in [-0.25, -0.2) is 18.1 Å². The summed E-state index contributed by atoms with van der Waals surface area (Å²) < 4.78 is 29.7. The lowest BCUT2D eigenvalue weighted by molar-refractivity contribution is 0.576. The summed E-state index contributed by atoms with van der Waals surface area (Å²) in [5.74, 6) is 0. The summed E-state index contributed by atoms with van der Waals surface area (Å²) in [4.78, 5) is 4.57. The first-order valence-electron chi connectivity index (χ1n) is 5.83. The number of sulfonamides is 1. The third kappa shape index (κ3) is 2.86. The molecule has 21 heavy (non-hydrogen) atoms. The van der Waals surface area contributed by atoms with Crippen molar-refractivity contribution in [2.24, 2.45) is 0 Å². The van der Waals surface area contributed by atoms with E-state index in [9.17, 15) is 8.42 Å². The molecular weight excluding hydrogens is 398 g/mol. The molecule has 0 unspecified atom stereocenters. The molecule has 0 aliphatic carbocycles. The van der Waals surface area contributed by atoms with E-state index in [0.29, 0.717) is 4.96 Å². The highest BCUT2D eigenvalue weighted by Gasteiger charge is 2.24. The quantitative estimate of drug-likeness (QED) is 0.723. The Morgan fingerprint density at radius 1 is 1.38 bits per heavy atom. The molecule has 0 saturated heterocycles. The number of thiazole rings is 1. The predicted molar refractivity (Wildman–Crippen MR) is 86.2 cm³/mol. The van der Waals surface area contributed by atoms with Crippen molar-refractivity contribution in [3.8, 4) is 0 Å². The normalized spacial score (nSPS) is 12.1. The molecule has 0 atom stereocenters. The van der Waals surface area contributed by atoms with Crippen LogP contribution in [0.3, 0.4) is 0 Å². The zero-order valence-corrected chi connectivity index (χ0v) is 14.4. The monoisotopic (exact) mass is 405 g/mol. The topological polar surface area (TPSA) is 63.5 Å². The Hall–Kier alpha value is -0.930. The van der Waals surface area contributed by atoms with Crippen molar-refractivity contribution in [2.75, 3.05) is 0 Å². The molecule has 1 N–H and O–H groups in total. The lowest BCUT2D eigenvalue weighted by Gasteiger charge is -2.07. The van der Waals surface area contributed by atoms with Gasteiger partial charge < -0.3 is 0 Å². The number of hydrogen-bond acceptors (Lipinski definition) is 4. The van der Waals surface area contributed by atoms with Crippen molar-refractivity contribution >= 4 is 53.9 Å². The first-order valence-corrected chi connectivity index (χ1v) is 9.36. The van der Waals surface area contributed by atoms with Crippen molar-refractivity contribution < 1.29 is 8.42 Å². The maximum absolute atomic E-state index is 12.4. The number of benzene rings is 1. The van der Waals surface area contributed by atoms with Crippen LogP contribution in [0.2, 0.25) is 5.15 Å². The largest absolute Gasteiger partial charge is 0.279 e. The third-order valence-corrected chi connectivity index (χ3v) is 6.17. The van der Waals surface area contributed by atoms with Gasteiger partial charge in [-0.05, 0) is 11.6 Å². The molecule has 2 aromatic heterocycles. The molecule has 9 heteroatoms. The maximum atomic E-state index is 12.4. The van der Waals surface area contributed by atoms with E-state index in [1.165, 1.54) is 15.7 Å². The minimum absolute atomic E-state index is 0.0264. The Labute approximate surface area is 138 Å². The summed E-state index contributed by atoms with van der Waals surface area (Å²) in [5.41, 5.74) is 0.836. The number of nitrogens with zero attached hydrogens (tertiary/aromatic N) is 2. The van der Waals surface area contributed by atoms with Crippen LogP contribution in [0.25, 0.3) is 4.96 Å². The van der Waals surface area contributed by atoms with E-state index in [1.54, 1.807) is 11.6 Å². The molecule has 0 aliphatic heterocycles. The Morgan fingerprint density at radius 2 is 2.14 bits per heavy atom. The molecule has 3 rings (SSSR count). The van der Waals surface area contributed by atoms with Crippen molar-refractivity contribution in [1.82, 2.24) is 14.1 Å². The van der Waals surface area contributed by atoms with E-state index in [-0.39, 0.29) is 16.7 Å². The smallest absolute Gasteiger partial charge is 0.260 e. The summed E-state index contributed by atoms with van der Waals surface area (Å²) in [6, 6.07) is 7.40. The Kier molecular flexibility index (Phi) is 4.06. The molecule has 2 heterocycles. The fraction of sp³-hybridized carbons (Fsp3) is 0.0833. The van der Waals surface area contributed by atoms with E-state index in [1.807, 2.05) is 24.3 Å². The second-order valence-electron chi connectivity index (χ2n) is 4.18. The Balaban J connectivity index is 1.93. The van der Waals surface area contributed by atoms with Crippen LogP contribution in [0.15, 0.2) is 45.3 Å². The summed E-state index contributed by atoms with van der Waals surface area (Å²) in [6.45, 7) is 0.164. The zero-order chi connectivity index (χ0) is 15.0.